The standard InChI is InChI=1S/C18H21N3OS/c22-17(20-18-19-11-14-23-18)10-7-15-5-8-16(9-6-15)21-12-3-1-2-4-13-21/h5-11,14H,1-4,12-13H2,(H,19,20,22). The van der Waals surface area contributed by atoms with E-state index in [9.17, 15) is 4.79 Å². The molecule has 1 aliphatic heterocycles. The highest BCUT2D eigenvalue weighted by Crippen LogP contribution is 2.20. The van der Waals surface area contributed by atoms with E-state index in [4.69, 9.17) is 0 Å². The molecule has 0 aliphatic carbocycles. The summed E-state index contributed by atoms with van der Waals surface area (Å²) in [6.45, 7) is 2.29. The van der Waals surface area contributed by atoms with Gasteiger partial charge in [-0.05, 0) is 36.6 Å². The fraction of sp³-hybridized carbons (Fsp3) is 0.333. The zero-order valence-electron chi connectivity index (χ0n) is 13.1. The van der Waals surface area contributed by atoms with Gasteiger partial charge in [0.05, 0.1) is 0 Å². The summed E-state index contributed by atoms with van der Waals surface area (Å²) in [5, 5.41) is 5.19. The Balaban J connectivity index is 1.58. The van der Waals surface area contributed by atoms with Crippen LogP contribution in [0.3, 0.4) is 0 Å². The molecular formula is C18H21N3OS. The quantitative estimate of drug-likeness (QED) is 0.857. The summed E-state index contributed by atoms with van der Waals surface area (Å²) < 4.78 is 0. The van der Waals surface area contributed by atoms with Crippen LogP contribution in [0.15, 0.2) is 41.9 Å². The number of hydrogen-bond donors (Lipinski definition) is 1. The number of rotatable bonds is 4. The van der Waals surface area contributed by atoms with E-state index in [1.165, 1.54) is 42.7 Å². The van der Waals surface area contributed by atoms with Gasteiger partial charge in [0.25, 0.3) is 0 Å². The first-order valence-corrected chi connectivity index (χ1v) is 8.93. The van der Waals surface area contributed by atoms with Crippen molar-refractivity contribution in [3.8, 4) is 0 Å². The normalized spacial score (nSPS) is 15.6. The van der Waals surface area contributed by atoms with Crippen LogP contribution in [0.5, 0.6) is 0 Å². The Labute approximate surface area is 140 Å². The van der Waals surface area contributed by atoms with E-state index in [0.717, 1.165) is 18.7 Å². The number of hydrogen-bond acceptors (Lipinski definition) is 4. The van der Waals surface area contributed by atoms with Crippen LogP contribution in [0.2, 0.25) is 0 Å². The maximum atomic E-state index is 11.8. The zero-order chi connectivity index (χ0) is 15.9. The Morgan fingerprint density at radius 2 is 1.87 bits per heavy atom. The summed E-state index contributed by atoms with van der Waals surface area (Å²) in [6.07, 6.45) is 10.3. The number of nitrogens with zero attached hydrogens (tertiary/aromatic N) is 2. The topological polar surface area (TPSA) is 45.2 Å². The molecule has 2 aromatic rings. The maximum absolute atomic E-state index is 11.8. The van der Waals surface area contributed by atoms with Crippen LogP contribution >= 0.6 is 11.3 Å². The summed E-state index contributed by atoms with van der Waals surface area (Å²) in [5.74, 6) is -0.156. The molecule has 4 nitrogen and oxygen atoms in total. The number of benzene rings is 1. The molecule has 0 spiro atoms. The molecule has 1 fully saturated rings. The third-order valence-corrected chi connectivity index (χ3v) is 4.64. The first-order valence-electron chi connectivity index (χ1n) is 8.05. The van der Waals surface area contributed by atoms with Gasteiger partial charge in [-0.25, -0.2) is 4.98 Å². The number of nitrogens with one attached hydrogen (secondary N) is 1. The van der Waals surface area contributed by atoms with Gasteiger partial charge in [-0.15, -0.1) is 11.3 Å². The highest BCUT2D eigenvalue weighted by Gasteiger charge is 2.09. The van der Waals surface area contributed by atoms with Gasteiger partial charge in [-0.1, -0.05) is 25.0 Å². The van der Waals surface area contributed by atoms with E-state index in [-0.39, 0.29) is 5.91 Å². The zero-order valence-corrected chi connectivity index (χ0v) is 13.9. The average molecular weight is 327 g/mol. The van der Waals surface area contributed by atoms with Crippen LogP contribution in [-0.4, -0.2) is 24.0 Å². The van der Waals surface area contributed by atoms with Crippen molar-refractivity contribution in [2.45, 2.75) is 25.7 Å². The van der Waals surface area contributed by atoms with Crippen molar-refractivity contribution in [3.63, 3.8) is 0 Å². The predicted octanol–water partition coefficient (Wildman–Crippen LogP) is 4.18. The summed E-state index contributed by atoms with van der Waals surface area (Å²) in [7, 11) is 0. The first-order chi connectivity index (χ1) is 11.3. The van der Waals surface area contributed by atoms with E-state index in [1.807, 2.05) is 11.5 Å². The van der Waals surface area contributed by atoms with Crippen molar-refractivity contribution in [3.05, 3.63) is 47.5 Å². The van der Waals surface area contributed by atoms with E-state index in [1.54, 1.807) is 12.3 Å². The summed E-state index contributed by atoms with van der Waals surface area (Å²) in [6, 6.07) is 8.41. The third-order valence-electron chi connectivity index (χ3n) is 3.95. The van der Waals surface area contributed by atoms with Crippen molar-refractivity contribution < 1.29 is 4.79 Å². The minimum atomic E-state index is -0.156. The molecule has 3 rings (SSSR count). The molecule has 0 unspecified atom stereocenters. The highest BCUT2D eigenvalue weighted by molar-refractivity contribution is 7.13. The lowest BCUT2D eigenvalue weighted by atomic mass is 10.1. The molecule has 2 heterocycles. The van der Waals surface area contributed by atoms with E-state index < -0.39 is 0 Å². The van der Waals surface area contributed by atoms with Gasteiger partial charge in [0, 0.05) is 36.4 Å². The lowest BCUT2D eigenvalue weighted by Gasteiger charge is -2.22. The van der Waals surface area contributed by atoms with E-state index >= 15 is 0 Å². The second-order valence-electron chi connectivity index (χ2n) is 5.65. The molecule has 0 saturated carbocycles. The van der Waals surface area contributed by atoms with Gasteiger partial charge < -0.3 is 4.90 Å². The third kappa shape index (κ3) is 4.66. The number of aromatic nitrogens is 1. The Morgan fingerprint density at radius 1 is 1.13 bits per heavy atom. The van der Waals surface area contributed by atoms with Gasteiger partial charge in [-0.3, -0.25) is 10.1 Å². The Morgan fingerprint density at radius 3 is 2.52 bits per heavy atom. The molecule has 1 aliphatic rings. The second-order valence-corrected chi connectivity index (χ2v) is 6.55. The highest BCUT2D eigenvalue weighted by atomic mass is 32.1. The van der Waals surface area contributed by atoms with Crippen molar-refractivity contribution in [1.82, 2.24) is 4.98 Å². The van der Waals surface area contributed by atoms with Crippen LogP contribution in [0.1, 0.15) is 31.2 Å². The van der Waals surface area contributed by atoms with Crippen LogP contribution in [0.4, 0.5) is 10.8 Å². The van der Waals surface area contributed by atoms with E-state index in [0.29, 0.717) is 5.13 Å². The molecule has 1 saturated heterocycles. The summed E-state index contributed by atoms with van der Waals surface area (Å²) in [4.78, 5) is 18.3. The molecule has 23 heavy (non-hydrogen) atoms. The Hall–Kier alpha value is -2.14. The predicted molar refractivity (Wildman–Crippen MR) is 96.9 cm³/mol. The average Bonchev–Trinajstić information content (AvgIpc) is 2.93. The largest absolute Gasteiger partial charge is 0.372 e. The summed E-state index contributed by atoms with van der Waals surface area (Å²) >= 11 is 1.41. The summed E-state index contributed by atoms with van der Waals surface area (Å²) in [5.41, 5.74) is 2.30. The number of amides is 1. The fourth-order valence-corrected chi connectivity index (χ4v) is 3.26. The molecule has 1 aromatic heterocycles. The van der Waals surface area contributed by atoms with Crippen LogP contribution in [0.25, 0.3) is 6.08 Å². The number of thiazole rings is 1. The molecule has 1 aromatic carbocycles. The molecule has 0 atom stereocenters. The van der Waals surface area contributed by atoms with E-state index in [2.05, 4.69) is 39.5 Å². The van der Waals surface area contributed by atoms with Crippen LogP contribution in [0, 0.1) is 0 Å². The molecule has 5 heteroatoms. The molecule has 1 N–H and O–H groups in total. The van der Waals surface area contributed by atoms with Crippen molar-refractivity contribution in [1.29, 1.82) is 0 Å². The van der Waals surface area contributed by atoms with Crippen molar-refractivity contribution in [2.24, 2.45) is 0 Å². The molecule has 1 amide bonds. The monoisotopic (exact) mass is 327 g/mol. The van der Waals surface area contributed by atoms with Gasteiger partial charge in [0.15, 0.2) is 5.13 Å². The lowest BCUT2D eigenvalue weighted by molar-refractivity contribution is -0.111. The molecule has 0 bridgehead atoms. The fourth-order valence-electron chi connectivity index (χ4n) is 2.73. The van der Waals surface area contributed by atoms with Crippen LogP contribution < -0.4 is 10.2 Å². The lowest BCUT2D eigenvalue weighted by Crippen LogP contribution is -2.23. The molecule has 120 valence electrons. The Bertz CT molecular complexity index is 641. The van der Waals surface area contributed by atoms with Crippen molar-refractivity contribution in [2.75, 3.05) is 23.3 Å². The Kier molecular flexibility index (Phi) is 5.42. The van der Waals surface area contributed by atoms with Gasteiger partial charge in [0.2, 0.25) is 5.91 Å². The molecular weight excluding hydrogens is 306 g/mol. The smallest absolute Gasteiger partial charge is 0.250 e. The van der Waals surface area contributed by atoms with Gasteiger partial charge >= 0.3 is 0 Å². The minimum Gasteiger partial charge on any atom is -0.372 e. The minimum absolute atomic E-state index is 0.156. The van der Waals surface area contributed by atoms with Crippen LogP contribution in [-0.2, 0) is 4.79 Å². The van der Waals surface area contributed by atoms with Crippen molar-refractivity contribution >= 4 is 34.1 Å². The number of carbonyl (C=O) groups excluding carboxylic acids is 1. The van der Waals surface area contributed by atoms with Gasteiger partial charge in [-0.2, -0.15) is 0 Å². The van der Waals surface area contributed by atoms with Gasteiger partial charge in [0.1, 0.15) is 0 Å². The number of anilines is 2. The molecule has 0 radical (unpaired) electrons. The number of carbonyl (C=O) groups is 1. The second kappa shape index (κ2) is 7.92. The maximum Gasteiger partial charge on any atom is 0.250 e. The SMILES string of the molecule is O=C(C=Cc1ccc(N2CCCCCC2)cc1)Nc1nccs1. The first kappa shape index (κ1) is 15.7.